The van der Waals surface area contributed by atoms with Gasteiger partial charge in [0.05, 0.1) is 18.6 Å². The van der Waals surface area contributed by atoms with Crippen molar-refractivity contribution in [2.24, 2.45) is 0 Å². The van der Waals surface area contributed by atoms with Gasteiger partial charge in [-0.3, -0.25) is 9.36 Å². The van der Waals surface area contributed by atoms with E-state index in [9.17, 15) is 4.79 Å². The molecule has 0 aromatic carbocycles. The van der Waals surface area contributed by atoms with Crippen LogP contribution in [0.3, 0.4) is 0 Å². The summed E-state index contributed by atoms with van der Waals surface area (Å²) >= 11 is 1.40. The van der Waals surface area contributed by atoms with E-state index >= 15 is 0 Å². The zero-order valence-electron chi connectivity index (χ0n) is 11.2. The summed E-state index contributed by atoms with van der Waals surface area (Å²) < 4.78 is 7.46. The molecule has 1 N–H and O–H groups in total. The molecule has 3 rings (SSSR count). The van der Waals surface area contributed by atoms with Crippen molar-refractivity contribution < 1.29 is 9.21 Å². The summed E-state index contributed by atoms with van der Waals surface area (Å²) in [4.78, 5) is 11.4. The number of carbonyl (C=O) groups is 1. The predicted octanol–water partition coefficient (Wildman–Crippen LogP) is 1.63. The van der Waals surface area contributed by atoms with Crippen molar-refractivity contribution in [2.75, 3.05) is 12.8 Å². The predicted molar refractivity (Wildman–Crippen MR) is 74.6 cm³/mol. The second-order valence-electron chi connectivity index (χ2n) is 4.74. The summed E-state index contributed by atoms with van der Waals surface area (Å²) in [5.41, 5.74) is 0. The van der Waals surface area contributed by atoms with E-state index in [1.807, 2.05) is 12.1 Å². The van der Waals surface area contributed by atoms with E-state index in [2.05, 4.69) is 20.1 Å². The van der Waals surface area contributed by atoms with Gasteiger partial charge < -0.3 is 9.73 Å². The van der Waals surface area contributed by atoms with Gasteiger partial charge in [0.25, 0.3) is 0 Å². The molecule has 106 valence electrons. The van der Waals surface area contributed by atoms with Crippen LogP contribution in [-0.2, 0) is 11.3 Å². The van der Waals surface area contributed by atoms with Gasteiger partial charge >= 0.3 is 0 Å². The molecule has 0 aliphatic heterocycles. The van der Waals surface area contributed by atoms with Crippen LogP contribution in [0.25, 0.3) is 0 Å². The molecule has 2 heterocycles. The summed E-state index contributed by atoms with van der Waals surface area (Å²) in [5.74, 6) is 2.70. The standard InChI is InChI=1S/C13H16N4O2S/c1-14-11(18)8-20-13-16-15-12(9-4-5-9)17(13)7-10-3-2-6-19-10/h2-3,6,9H,4-5,7-8H2,1H3,(H,14,18). The Labute approximate surface area is 120 Å². The normalized spacial score (nSPS) is 14.4. The number of thioether (sulfide) groups is 1. The minimum Gasteiger partial charge on any atom is -0.467 e. The highest BCUT2D eigenvalue weighted by atomic mass is 32.2. The van der Waals surface area contributed by atoms with Crippen LogP contribution in [0.2, 0.25) is 0 Å². The first-order valence-corrected chi connectivity index (χ1v) is 7.55. The molecule has 2 aromatic heterocycles. The van der Waals surface area contributed by atoms with E-state index in [0.717, 1.165) is 29.6 Å². The van der Waals surface area contributed by atoms with Crippen molar-refractivity contribution in [3.05, 3.63) is 30.0 Å². The Kier molecular flexibility index (Phi) is 3.77. The van der Waals surface area contributed by atoms with Gasteiger partial charge in [0.2, 0.25) is 5.91 Å². The SMILES string of the molecule is CNC(=O)CSc1nnc(C2CC2)n1Cc1ccco1. The maximum absolute atomic E-state index is 11.4. The lowest BCUT2D eigenvalue weighted by Gasteiger charge is -2.07. The first-order chi connectivity index (χ1) is 9.78. The lowest BCUT2D eigenvalue weighted by molar-refractivity contribution is -0.118. The first-order valence-electron chi connectivity index (χ1n) is 6.57. The van der Waals surface area contributed by atoms with E-state index in [-0.39, 0.29) is 5.91 Å². The summed E-state index contributed by atoms with van der Waals surface area (Å²) in [6.45, 7) is 0.613. The maximum atomic E-state index is 11.4. The zero-order valence-corrected chi connectivity index (χ0v) is 12.0. The average molecular weight is 292 g/mol. The molecule has 0 spiro atoms. The second kappa shape index (κ2) is 5.70. The van der Waals surface area contributed by atoms with Gasteiger partial charge in [-0.1, -0.05) is 11.8 Å². The fourth-order valence-electron chi connectivity index (χ4n) is 1.96. The Balaban J connectivity index is 1.80. The monoisotopic (exact) mass is 292 g/mol. The molecule has 1 aliphatic rings. The average Bonchev–Trinajstić information content (AvgIpc) is 3.03. The Bertz CT molecular complexity index is 590. The van der Waals surface area contributed by atoms with Gasteiger partial charge in [-0.15, -0.1) is 10.2 Å². The van der Waals surface area contributed by atoms with Crippen molar-refractivity contribution in [2.45, 2.75) is 30.5 Å². The minimum absolute atomic E-state index is 0.0180. The summed E-state index contributed by atoms with van der Waals surface area (Å²) in [5, 5.41) is 11.9. The molecule has 1 amide bonds. The molecule has 1 fully saturated rings. The van der Waals surface area contributed by atoms with E-state index < -0.39 is 0 Å². The van der Waals surface area contributed by atoms with Crippen LogP contribution < -0.4 is 5.32 Å². The second-order valence-corrected chi connectivity index (χ2v) is 5.68. The van der Waals surface area contributed by atoms with Crippen LogP contribution in [-0.4, -0.2) is 33.5 Å². The molecule has 0 saturated heterocycles. The lowest BCUT2D eigenvalue weighted by atomic mass is 10.3. The molecule has 0 unspecified atom stereocenters. The molecule has 0 radical (unpaired) electrons. The minimum atomic E-state index is -0.0180. The molecule has 7 heteroatoms. The number of carbonyl (C=O) groups excluding carboxylic acids is 1. The van der Waals surface area contributed by atoms with Gasteiger partial charge in [0.15, 0.2) is 5.16 Å². The lowest BCUT2D eigenvalue weighted by Crippen LogP contribution is -2.20. The van der Waals surface area contributed by atoms with E-state index in [0.29, 0.717) is 18.2 Å². The maximum Gasteiger partial charge on any atom is 0.230 e. The Morgan fingerprint density at radius 2 is 2.40 bits per heavy atom. The number of nitrogens with one attached hydrogen (secondary N) is 1. The van der Waals surface area contributed by atoms with Crippen LogP contribution in [0, 0.1) is 0 Å². The Hall–Kier alpha value is -1.76. The number of nitrogens with zero attached hydrogens (tertiary/aromatic N) is 3. The van der Waals surface area contributed by atoms with Crippen LogP contribution in [0.15, 0.2) is 28.0 Å². The van der Waals surface area contributed by atoms with E-state index in [1.165, 1.54) is 11.8 Å². The molecule has 1 aliphatic carbocycles. The topological polar surface area (TPSA) is 73.0 Å². The molecule has 0 bridgehead atoms. The summed E-state index contributed by atoms with van der Waals surface area (Å²) in [7, 11) is 1.63. The third kappa shape index (κ3) is 2.87. The Morgan fingerprint density at radius 1 is 1.55 bits per heavy atom. The molecule has 0 atom stereocenters. The zero-order chi connectivity index (χ0) is 13.9. The van der Waals surface area contributed by atoms with Crippen LogP contribution in [0.1, 0.15) is 30.3 Å². The van der Waals surface area contributed by atoms with Crippen molar-refractivity contribution >= 4 is 17.7 Å². The molecular weight excluding hydrogens is 276 g/mol. The van der Waals surface area contributed by atoms with Gasteiger partial charge in [0.1, 0.15) is 11.6 Å². The van der Waals surface area contributed by atoms with Crippen molar-refractivity contribution in [1.82, 2.24) is 20.1 Å². The highest BCUT2D eigenvalue weighted by Crippen LogP contribution is 2.40. The molecule has 2 aromatic rings. The highest BCUT2D eigenvalue weighted by Gasteiger charge is 2.30. The summed E-state index contributed by atoms with van der Waals surface area (Å²) in [6, 6.07) is 3.80. The molecule has 6 nitrogen and oxygen atoms in total. The number of hydrogen-bond donors (Lipinski definition) is 1. The van der Waals surface area contributed by atoms with Crippen molar-refractivity contribution in [3.63, 3.8) is 0 Å². The number of aromatic nitrogens is 3. The van der Waals surface area contributed by atoms with Crippen LogP contribution in [0.4, 0.5) is 0 Å². The smallest absolute Gasteiger partial charge is 0.230 e. The first kappa shape index (κ1) is 13.2. The van der Waals surface area contributed by atoms with Crippen LogP contribution >= 0.6 is 11.8 Å². The molecular formula is C13H16N4O2S. The van der Waals surface area contributed by atoms with Crippen LogP contribution in [0.5, 0.6) is 0 Å². The summed E-state index contributed by atoms with van der Waals surface area (Å²) in [6.07, 6.45) is 3.99. The van der Waals surface area contributed by atoms with Crippen molar-refractivity contribution in [1.29, 1.82) is 0 Å². The Morgan fingerprint density at radius 3 is 3.05 bits per heavy atom. The quantitative estimate of drug-likeness (QED) is 0.819. The number of rotatable bonds is 6. The third-order valence-electron chi connectivity index (χ3n) is 3.19. The largest absolute Gasteiger partial charge is 0.467 e. The number of hydrogen-bond acceptors (Lipinski definition) is 5. The third-order valence-corrected chi connectivity index (χ3v) is 4.16. The van der Waals surface area contributed by atoms with Gasteiger partial charge in [0, 0.05) is 13.0 Å². The van der Waals surface area contributed by atoms with Gasteiger partial charge in [-0.2, -0.15) is 0 Å². The molecule has 20 heavy (non-hydrogen) atoms. The fraction of sp³-hybridized carbons (Fsp3) is 0.462. The highest BCUT2D eigenvalue weighted by molar-refractivity contribution is 7.99. The number of amides is 1. The number of furan rings is 1. The fourth-order valence-corrected chi connectivity index (χ4v) is 2.78. The molecule has 1 saturated carbocycles. The van der Waals surface area contributed by atoms with E-state index in [4.69, 9.17) is 4.42 Å². The van der Waals surface area contributed by atoms with Crippen molar-refractivity contribution in [3.8, 4) is 0 Å². The van der Waals surface area contributed by atoms with Gasteiger partial charge in [-0.25, -0.2) is 0 Å². The van der Waals surface area contributed by atoms with E-state index in [1.54, 1.807) is 13.3 Å². The van der Waals surface area contributed by atoms with Gasteiger partial charge in [-0.05, 0) is 25.0 Å².